The van der Waals surface area contributed by atoms with Crippen molar-refractivity contribution in [1.29, 1.82) is 0 Å². The molecule has 0 aliphatic rings. The molecule has 0 aliphatic heterocycles. The maximum Gasteiger partial charge on any atom is 0.258 e. The van der Waals surface area contributed by atoms with Crippen molar-refractivity contribution in [2.24, 2.45) is 5.73 Å². The van der Waals surface area contributed by atoms with E-state index < -0.39 is 5.91 Å². The summed E-state index contributed by atoms with van der Waals surface area (Å²) in [5, 5.41) is 3.83. The van der Waals surface area contributed by atoms with Gasteiger partial charge in [-0.15, -0.1) is 0 Å². The summed E-state index contributed by atoms with van der Waals surface area (Å²) < 4.78 is 16.8. The second-order valence-corrected chi connectivity index (χ2v) is 6.76. The minimum absolute atomic E-state index is 0.355. The number of nitrogens with zero attached hydrogens (tertiary/aromatic N) is 2. The number of aromatic nitrogens is 2. The van der Waals surface area contributed by atoms with Crippen LogP contribution in [0.15, 0.2) is 53.6 Å². The lowest BCUT2D eigenvalue weighted by Crippen LogP contribution is -2.14. The van der Waals surface area contributed by atoms with Crippen LogP contribution in [0.1, 0.15) is 32.9 Å². The Balaban J connectivity index is 2.06. The maximum absolute atomic E-state index is 11.8. The van der Waals surface area contributed by atoms with Gasteiger partial charge >= 0.3 is 0 Å². The van der Waals surface area contributed by atoms with Crippen LogP contribution in [-0.2, 0) is 0 Å². The van der Waals surface area contributed by atoms with Crippen molar-refractivity contribution < 1.29 is 18.8 Å². The van der Waals surface area contributed by atoms with E-state index in [0.29, 0.717) is 40.1 Å². The number of hydrogen-bond donors (Lipinski definition) is 1. The summed E-state index contributed by atoms with van der Waals surface area (Å²) in [5.74, 6) is 1.95. The van der Waals surface area contributed by atoms with Crippen molar-refractivity contribution in [3.63, 3.8) is 0 Å². The molecule has 1 heterocycles. The molecule has 2 N–H and O–H groups in total. The average molecular weight is 405 g/mol. The second kappa shape index (κ2) is 8.65. The van der Waals surface area contributed by atoms with Crippen LogP contribution in [0.25, 0.3) is 17.2 Å². The van der Waals surface area contributed by atoms with Gasteiger partial charge in [-0.2, -0.15) is 4.98 Å². The number of aryl methyl sites for hydroxylation is 3. The highest BCUT2D eigenvalue weighted by Gasteiger charge is 2.16. The number of allylic oxidation sites excluding steroid dienone is 2. The molecule has 154 valence electrons. The zero-order valence-electron chi connectivity index (χ0n) is 17.4. The zero-order valence-corrected chi connectivity index (χ0v) is 17.4. The van der Waals surface area contributed by atoms with E-state index in [9.17, 15) is 4.79 Å². The van der Waals surface area contributed by atoms with Gasteiger partial charge < -0.3 is 19.7 Å². The van der Waals surface area contributed by atoms with E-state index in [0.717, 1.165) is 16.7 Å². The lowest BCUT2D eigenvalue weighted by molar-refractivity contribution is 0.0999. The minimum atomic E-state index is -0.498. The summed E-state index contributed by atoms with van der Waals surface area (Å²) in [4.78, 5) is 16.1. The summed E-state index contributed by atoms with van der Waals surface area (Å²) in [6, 6.07) is 8.91. The van der Waals surface area contributed by atoms with Crippen molar-refractivity contribution in [3.05, 3.63) is 77.1 Å². The number of amides is 1. The van der Waals surface area contributed by atoms with Crippen LogP contribution >= 0.6 is 0 Å². The molecule has 0 atom stereocenters. The molecule has 1 amide bonds. The SMILES string of the molecule is C=C/C=C(/Oc1cc(OC)cc(-c2nc(C)no2)c1)c1cc(C(N)=O)c(C)cc1C. The number of nitrogens with two attached hydrogens (primary N) is 1. The monoisotopic (exact) mass is 405 g/mol. The first-order valence-corrected chi connectivity index (χ1v) is 9.24. The Morgan fingerprint density at radius 1 is 1.07 bits per heavy atom. The molecule has 0 fully saturated rings. The van der Waals surface area contributed by atoms with Gasteiger partial charge in [0, 0.05) is 22.8 Å². The standard InChI is InChI=1S/C23H23N3O4/c1-6-7-21(19-12-20(22(24)27)14(3)8-13(19)2)29-18-10-16(9-17(11-18)28-5)23-25-15(4)26-30-23/h6-12H,1H2,2-5H3,(H2,24,27)/b21-7+. The molecule has 7 heteroatoms. The largest absolute Gasteiger partial charge is 0.497 e. The predicted octanol–water partition coefficient (Wildman–Crippen LogP) is 4.38. The lowest BCUT2D eigenvalue weighted by Gasteiger charge is -2.16. The first-order valence-electron chi connectivity index (χ1n) is 9.24. The van der Waals surface area contributed by atoms with Crippen LogP contribution in [0.3, 0.4) is 0 Å². The van der Waals surface area contributed by atoms with Gasteiger partial charge in [-0.3, -0.25) is 4.79 Å². The lowest BCUT2D eigenvalue weighted by atomic mass is 9.98. The van der Waals surface area contributed by atoms with E-state index in [-0.39, 0.29) is 0 Å². The predicted molar refractivity (Wildman–Crippen MR) is 114 cm³/mol. The molecule has 1 aromatic heterocycles. The second-order valence-electron chi connectivity index (χ2n) is 6.76. The van der Waals surface area contributed by atoms with Crippen molar-refractivity contribution in [3.8, 4) is 23.0 Å². The van der Waals surface area contributed by atoms with E-state index in [1.807, 2.05) is 19.9 Å². The van der Waals surface area contributed by atoms with E-state index in [1.165, 1.54) is 0 Å². The van der Waals surface area contributed by atoms with E-state index >= 15 is 0 Å². The summed E-state index contributed by atoms with van der Waals surface area (Å²) in [6.45, 7) is 9.29. The van der Waals surface area contributed by atoms with Crippen LogP contribution in [0.2, 0.25) is 0 Å². The number of primary amides is 1. The van der Waals surface area contributed by atoms with Gasteiger partial charge in [-0.05, 0) is 56.2 Å². The van der Waals surface area contributed by atoms with Gasteiger partial charge in [-0.25, -0.2) is 0 Å². The van der Waals surface area contributed by atoms with Gasteiger partial charge in [0.25, 0.3) is 5.89 Å². The Morgan fingerprint density at radius 3 is 2.37 bits per heavy atom. The molecule has 0 spiro atoms. The van der Waals surface area contributed by atoms with Gasteiger partial charge in [0.15, 0.2) is 5.82 Å². The highest BCUT2D eigenvalue weighted by atomic mass is 16.5. The van der Waals surface area contributed by atoms with Crippen molar-refractivity contribution in [1.82, 2.24) is 10.1 Å². The van der Waals surface area contributed by atoms with Crippen molar-refractivity contribution in [2.75, 3.05) is 7.11 Å². The molecule has 3 rings (SSSR count). The topological polar surface area (TPSA) is 100 Å². The van der Waals surface area contributed by atoms with Crippen LogP contribution in [0, 0.1) is 20.8 Å². The van der Waals surface area contributed by atoms with Gasteiger partial charge in [-0.1, -0.05) is 23.9 Å². The normalized spacial score (nSPS) is 11.3. The van der Waals surface area contributed by atoms with Crippen molar-refractivity contribution >= 4 is 11.7 Å². The summed E-state index contributed by atoms with van der Waals surface area (Å²) in [5.41, 5.74) is 9.08. The quantitative estimate of drug-likeness (QED) is 0.463. The third-order valence-electron chi connectivity index (χ3n) is 4.49. The van der Waals surface area contributed by atoms with Gasteiger partial charge in [0.2, 0.25) is 5.91 Å². The van der Waals surface area contributed by atoms with E-state index in [1.54, 1.807) is 50.5 Å². The third-order valence-corrected chi connectivity index (χ3v) is 4.49. The number of rotatable bonds is 7. The molecule has 2 aromatic carbocycles. The molecule has 0 radical (unpaired) electrons. The number of carbonyl (C=O) groups excluding carboxylic acids is 1. The van der Waals surface area contributed by atoms with Gasteiger partial charge in [0.1, 0.15) is 17.3 Å². The summed E-state index contributed by atoms with van der Waals surface area (Å²) in [6.07, 6.45) is 3.33. The molecule has 7 nitrogen and oxygen atoms in total. The van der Waals surface area contributed by atoms with E-state index in [2.05, 4.69) is 16.7 Å². The van der Waals surface area contributed by atoms with Gasteiger partial charge in [0.05, 0.1) is 7.11 Å². The molecule has 0 saturated heterocycles. The number of benzene rings is 2. The Hall–Kier alpha value is -3.87. The third kappa shape index (κ3) is 4.41. The number of methoxy groups -OCH3 is 1. The van der Waals surface area contributed by atoms with Crippen LogP contribution in [0.5, 0.6) is 11.5 Å². The highest BCUT2D eigenvalue weighted by molar-refractivity contribution is 5.95. The number of hydrogen-bond acceptors (Lipinski definition) is 6. The van der Waals surface area contributed by atoms with E-state index in [4.69, 9.17) is 19.7 Å². The molecule has 0 saturated carbocycles. The van der Waals surface area contributed by atoms with Crippen LogP contribution < -0.4 is 15.2 Å². The average Bonchev–Trinajstić information content (AvgIpc) is 3.13. The molecular weight excluding hydrogens is 382 g/mol. The smallest absolute Gasteiger partial charge is 0.258 e. The summed E-state index contributed by atoms with van der Waals surface area (Å²) >= 11 is 0. The fourth-order valence-corrected chi connectivity index (χ4v) is 3.08. The minimum Gasteiger partial charge on any atom is -0.497 e. The number of ether oxygens (including phenoxy) is 2. The Labute approximate surface area is 174 Å². The fraction of sp³-hybridized carbons (Fsp3) is 0.174. The Bertz CT molecular complexity index is 1150. The number of carbonyl (C=O) groups is 1. The Kier molecular flexibility index (Phi) is 6.01. The van der Waals surface area contributed by atoms with Crippen molar-refractivity contribution in [2.45, 2.75) is 20.8 Å². The van der Waals surface area contributed by atoms with Crippen LogP contribution in [0.4, 0.5) is 0 Å². The first kappa shape index (κ1) is 20.9. The summed E-state index contributed by atoms with van der Waals surface area (Å²) in [7, 11) is 1.56. The Morgan fingerprint density at radius 2 is 1.77 bits per heavy atom. The first-order chi connectivity index (χ1) is 14.3. The maximum atomic E-state index is 11.8. The molecular formula is C23H23N3O4. The van der Waals surface area contributed by atoms with Crippen LogP contribution in [-0.4, -0.2) is 23.2 Å². The fourth-order valence-electron chi connectivity index (χ4n) is 3.08. The molecule has 0 unspecified atom stereocenters. The molecule has 3 aromatic rings. The molecule has 0 bridgehead atoms. The zero-order chi connectivity index (χ0) is 21.8. The molecule has 30 heavy (non-hydrogen) atoms. The highest BCUT2D eigenvalue weighted by Crippen LogP contribution is 2.32. The molecule has 0 aliphatic carbocycles.